The Balaban J connectivity index is 2.20. The van der Waals surface area contributed by atoms with Crippen LogP contribution in [0.1, 0.15) is 6.92 Å². The van der Waals surface area contributed by atoms with Crippen LogP contribution in [0.25, 0.3) is 16.7 Å². The molecule has 2 N–H and O–H groups in total. The summed E-state index contributed by atoms with van der Waals surface area (Å²) in [5, 5.41) is 0. The predicted octanol–water partition coefficient (Wildman–Crippen LogP) is 3.77. The lowest BCUT2D eigenvalue weighted by molar-refractivity contribution is 0.340. The molecule has 0 saturated heterocycles. The highest BCUT2D eigenvalue weighted by molar-refractivity contribution is 9.10. The molecule has 0 amide bonds. The van der Waals surface area contributed by atoms with E-state index in [-0.39, 0.29) is 0 Å². The van der Waals surface area contributed by atoms with Gasteiger partial charge in [0.15, 0.2) is 0 Å². The Kier molecular flexibility index (Phi) is 3.36. The number of anilines is 1. The molecule has 1 heterocycles. The maximum atomic E-state index is 6.06. The van der Waals surface area contributed by atoms with Crippen molar-refractivity contribution in [1.29, 1.82) is 0 Å². The number of aromatic nitrogens is 2. The Hall–Kier alpha value is -2.01. The first-order valence-electron chi connectivity index (χ1n) is 6.35. The van der Waals surface area contributed by atoms with Crippen LogP contribution in [0.2, 0.25) is 0 Å². The standard InChI is InChI=1S/C15H14BrN3O/c1-2-20-12-5-3-4-11(9-12)19-14-8-10(16)6-7-13(14)18-15(19)17/h3-9H,2H2,1H3,(H2,17,18). The Bertz CT molecular complexity index is 767. The zero-order chi connectivity index (χ0) is 14.1. The van der Waals surface area contributed by atoms with E-state index >= 15 is 0 Å². The lowest BCUT2D eigenvalue weighted by atomic mass is 10.2. The van der Waals surface area contributed by atoms with Crippen LogP contribution in [-0.4, -0.2) is 16.2 Å². The second-order valence-electron chi connectivity index (χ2n) is 4.37. The second-order valence-corrected chi connectivity index (χ2v) is 5.28. The third-order valence-electron chi connectivity index (χ3n) is 3.03. The van der Waals surface area contributed by atoms with E-state index in [2.05, 4.69) is 20.9 Å². The summed E-state index contributed by atoms with van der Waals surface area (Å²) in [6.45, 7) is 2.60. The summed E-state index contributed by atoms with van der Waals surface area (Å²) in [7, 11) is 0. The number of halogens is 1. The topological polar surface area (TPSA) is 53.1 Å². The molecule has 3 rings (SSSR count). The van der Waals surface area contributed by atoms with E-state index in [1.165, 1.54) is 0 Å². The lowest BCUT2D eigenvalue weighted by Gasteiger charge is -2.09. The molecule has 20 heavy (non-hydrogen) atoms. The van der Waals surface area contributed by atoms with Gasteiger partial charge >= 0.3 is 0 Å². The molecule has 0 fully saturated rings. The van der Waals surface area contributed by atoms with Crippen molar-refractivity contribution in [2.45, 2.75) is 6.92 Å². The number of fused-ring (bicyclic) bond motifs is 1. The highest BCUT2D eigenvalue weighted by Gasteiger charge is 2.10. The van der Waals surface area contributed by atoms with Gasteiger partial charge < -0.3 is 10.5 Å². The number of nitrogens with two attached hydrogens (primary N) is 1. The normalized spacial score (nSPS) is 10.9. The predicted molar refractivity (Wildman–Crippen MR) is 84.4 cm³/mol. The van der Waals surface area contributed by atoms with Crippen LogP contribution >= 0.6 is 15.9 Å². The quantitative estimate of drug-likeness (QED) is 0.794. The zero-order valence-corrected chi connectivity index (χ0v) is 12.6. The van der Waals surface area contributed by atoms with E-state index in [1.54, 1.807) is 0 Å². The minimum Gasteiger partial charge on any atom is -0.494 e. The lowest BCUT2D eigenvalue weighted by Crippen LogP contribution is -2.01. The molecule has 102 valence electrons. The maximum Gasteiger partial charge on any atom is 0.205 e. The molecule has 5 heteroatoms. The maximum absolute atomic E-state index is 6.06. The number of ether oxygens (including phenoxy) is 1. The molecule has 0 aliphatic heterocycles. The van der Waals surface area contributed by atoms with Crippen molar-refractivity contribution in [3.05, 3.63) is 46.9 Å². The summed E-state index contributed by atoms with van der Waals surface area (Å²) in [6.07, 6.45) is 0. The van der Waals surface area contributed by atoms with Crippen LogP contribution in [0.15, 0.2) is 46.9 Å². The number of hydrogen-bond acceptors (Lipinski definition) is 3. The van der Waals surface area contributed by atoms with E-state index in [1.807, 2.05) is 54.0 Å². The first kappa shape index (κ1) is 13.0. The fourth-order valence-corrected chi connectivity index (χ4v) is 2.57. The average molecular weight is 332 g/mol. The van der Waals surface area contributed by atoms with Crippen LogP contribution in [0, 0.1) is 0 Å². The Morgan fingerprint density at radius 3 is 2.90 bits per heavy atom. The average Bonchev–Trinajstić information content (AvgIpc) is 2.75. The Morgan fingerprint density at radius 1 is 1.25 bits per heavy atom. The third-order valence-corrected chi connectivity index (χ3v) is 3.52. The van der Waals surface area contributed by atoms with Gasteiger partial charge in [0.1, 0.15) is 5.75 Å². The molecule has 0 bridgehead atoms. The van der Waals surface area contributed by atoms with Gasteiger partial charge in [-0.2, -0.15) is 0 Å². The van der Waals surface area contributed by atoms with Gasteiger partial charge in [0.05, 0.1) is 23.3 Å². The number of imidazole rings is 1. The van der Waals surface area contributed by atoms with E-state index in [0.717, 1.165) is 26.9 Å². The van der Waals surface area contributed by atoms with Gasteiger partial charge in [0.2, 0.25) is 5.95 Å². The highest BCUT2D eigenvalue weighted by atomic mass is 79.9. The molecule has 0 aliphatic rings. The fraction of sp³-hybridized carbons (Fsp3) is 0.133. The van der Waals surface area contributed by atoms with Crippen LogP contribution in [0.5, 0.6) is 5.75 Å². The van der Waals surface area contributed by atoms with Crippen molar-refractivity contribution in [2.75, 3.05) is 12.3 Å². The number of hydrogen-bond donors (Lipinski definition) is 1. The molecule has 0 atom stereocenters. The smallest absolute Gasteiger partial charge is 0.205 e. The Labute approximate surface area is 125 Å². The molecule has 4 nitrogen and oxygen atoms in total. The van der Waals surface area contributed by atoms with Crippen molar-refractivity contribution in [1.82, 2.24) is 9.55 Å². The summed E-state index contributed by atoms with van der Waals surface area (Å²) in [5.41, 5.74) is 8.83. The molecule has 0 aliphatic carbocycles. The minimum atomic E-state index is 0.465. The molecule has 0 saturated carbocycles. The van der Waals surface area contributed by atoms with Gasteiger partial charge in [-0.25, -0.2) is 4.98 Å². The third kappa shape index (κ3) is 2.25. The minimum absolute atomic E-state index is 0.465. The van der Waals surface area contributed by atoms with Gasteiger partial charge in [-0.15, -0.1) is 0 Å². The molecule has 1 aromatic heterocycles. The molecule has 0 unspecified atom stereocenters. The van der Waals surface area contributed by atoms with Crippen molar-refractivity contribution in [3.8, 4) is 11.4 Å². The molecule has 0 radical (unpaired) electrons. The number of benzene rings is 2. The largest absolute Gasteiger partial charge is 0.494 e. The summed E-state index contributed by atoms with van der Waals surface area (Å²) >= 11 is 3.48. The first-order valence-corrected chi connectivity index (χ1v) is 7.15. The summed E-state index contributed by atoms with van der Waals surface area (Å²) in [4.78, 5) is 4.39. The second kappa shape index (κ2) is 5.17. The van der Waals surface area contributed by atoms with Crippen LogP contribution in [0.3, 0.4) is 0 Å². The summed E-state index contributed by atoms with van der Waals surface area (Å²) < 4.78 is 8.45. The molecule has 0 spiro atoms. The van der Waals surface area contributed by atoms with E-state index in [0.29, 0.717) is 12.6 Å². The summed E-state index contributed by atoms with van der Waals surface area (Å²) in [6, 6.07) is 13.7. The van der Waals surface area contributed by atoms with Crippen molar-refractivity contribution < 1.29 is 4.74 Å². The molecule has 3 aromatic rings. The molecular weight excluding hydrogens is 318 g/mol. The number of nitrogen functional groups attached to an aromatic ring is 1. The monoisotopic (exact) mass is 331 g/mol. The van der Waals surface area contributed by atoms with Crippen molar-refractivity contribution >= 4 is 32.9 Å². The van der Waals surface area contributed by atoms with Gasteiger partial charge in [-0.1, -0.05) is 22.0 Å². The van der Waals surface area contributed by atoms with Crippen LogP contribution < -0.4 is 10.5 Å². The van der Waals surface area contributed by atoms with Gasteiger partial charge in [-0.05, 0) is 37.3 Å². The van der Waals surface area contributed by atoms with Crippen LogP contribution in [0.4, 0.5) is 5.95 Å². The first-order chi connectivity index (χ1) is 9.69. The van der Waals surface area contributed by atoms with Gasteiger partial charge in [0.25, 0.3) is 0 Å². The van der Waals surface area contributed by atoms with Gasteiger partial charge in [0, 0.05) is 10.5 Å². The summed E-state index contributed by atoms with van der Waals surface area (Å²) in [5.74, 6) is 1.29. The zero-order valence-electron chi connectivity index (χ0n) is 11.0. The molecule has 2 aromatic carbocycles. The number of nitrogens with zero attached hydrogens (tertiary/aromatic N) is 2. The fourth-order valence-electron chi connectivity index (χ4n) is 2.22. The van der Waals surface area contributed by atoms with Crippen molar-refractivity contribution in [2.24, 2.45) is 0 Å². The van der Waals surface area contributed by atoms with E-state index in [9.17, 15) is 0 Å². The SMILES string of the molecule is CCOc1cccc(-n2c(N)nc3ccc(Br)cc32)c1. The van der Waals surface area contributed by atoms with Gasteiger partial charge in [-0.3, -0.25) is 4.57 Å². The van der Waals surface area contributed by atoms with Crippen LogP contribution in [-0.2, 0) is 0 Å². The highest BCUT2D eigenvalue weighted by Crippen LogP contribution is 2.27. The van der Waals surface area contributed by atoms with E-state index in [4.69, 9.17) is 10.5 Å². The Morgan fingerprint density at radius 2 is 2.10 bits per heavy atom. The molecular formula is C15H14BrN3O. The van der Waals surface area contributed by atoms with Crippen molar-refractivity contribution in [3.63, 3.8) is 0 Å². The van der Waals surface area contributed by atoms with E-state index < -0.39 is 0 Å². The number of rotatable bonds is 3.